The normalized spacial score (nSPS) is 22.4. The van der Waals surface area contributed by atoms with Crippen LogP contribution in [0.3, 0.4) is 0 Å². The Morgan fingerprint density at radius 1 is 1.20 bits per heavy atom. The molecule has 1 aromatic heterocycles. The van der Waals surface area contributed by atoms with Gasteiger partial charge in [-0.05, 0) is 18.9 Å². The highest BCUT2D eigenvalue weighted by molar-refractivity contribution is 5.81. The lowest BCUT2D eigenvalue weighted by Crippen LogP contribution is -2.16. The number of ketones is 1. The van der Waals surface area contributed by atoms with Gasteiger partial charge < -0.3 is 0 Å². The first kappa shape index (κ1) is 10.3. The SMILES string of the molecule is O=C1CCCCCC1Cc1ncccn1. The van der Waals surface area contributed by atoms with Gasteiger partial charge in [0.15, 0.2) is 0 Å². The van der Waals surface area contributed by atoms with Gasteiger partial charge in [-0.25, -0.2) is 9.97 Å². The zero-order chi connectivity index (χ0) is 10.5. The van der Waals surface area contributed by atoms with Gasteiger partial charge in [0.25, 0.3) is 0 Å². The summed E-state index contributed by atoms with van der Waals surface area (Å²) in [5, 5.41) is 0. The van der Waals surface area contributed by atoms with E-state index < -0.39 is 0 Å². The highest BCUT2D eigenvalue weighted by atomic mass is 16.1. The molecule has 80 valence electrons. The molecule has 2 rings (SSSR count). The van der Waals surface area contributed by atoms with Crippen molar-refractivity contribution in [3.63, 3.8) is 0 Å². The molecule has 3 nitrogen and oxygen atoms in total. The maximum absolute atomic E-state index is 11.8. The van der Waals surface area contributed by atoms with Crippen LogP contribution in [-0.2, 0) is 11.2 Å². The van der Waals surface area contributed by atoms with Gasteiger partial charge in [-0.3, -0.25) is 4.79 Å². The summed E-state index contributed by atoms with van der Waals surface area (Å²) in [6.07, 6.45) is 9.38. The number of aromatic nitrogens is 2. The molecule has 1 atom stereocenters. The molecule has 1 aliphatic carbocycles. The van der Waals surface area contributed by atoms with Gasteiger partial charge >= 0.3 is 0 Å². The van der Waals surface area contributed by atoms with E-state index >= 15 is 0 Å². The van der Waals surface area contributed by atoms with Crippen molar-refractivity contribution in [2.24, 2.45) is 5.92 Å². The Kier molecular flexibility index (Phi) is 3.43. The smallest absolute Gasteiger partial charge is 0.136 e. The highest BCUT2D eigenvalue weighted by Crippen LogP contribution is 2.22. The lowest BCUT2D eigenvalue weighted by molar-refractivity contribution is -0.122. The van der Waals surface area contributed by atoms with E-state index in [4.69, 9.17) is 0 Å². The Labute approximate surface area is 89.9 Å². The molecule has 1 heterocycles. The van der Waals surface area contributed by atoms with E-state index in [1.54, 1.807) is 18.5 Å². The van der Waals surface area contributed by atoms with Crippen LogP contribution in [0, 0.1) is 5.92 Å². The van der Waals surface area contributed by atoms with E-state index in [9.17, 15) is 4.79 Å². The molecule has 0 saturated heterocycles. The number of rotatable bonds is 2. The fraction of sp³-hybridized carbons (Fsp3) is 0.583. The van der Waals surface area contributed by atoms with Crippen molar-refractivity contribution >= 4 is 5.78 Å². The van der Waals surface area contributed by atoms with Crippen molar-refractivity contribution < 1.29 is 4.79 Å². The summed E-state index contributed by atoms with van der Waals surface area (Å²) < 4.78 is 0. The van der Waals surface area contributed by atoms with Crippen molar-refractivity contribution in [2.45, 2.75) is 38.5 Å². The van der Waals surface area contributed by atoms with Gasteiger partial charge in [-0.15, -0.1) is 0 Å². The Morgan fingerprint density at radius 2 is 2.00 bits per heavy atom. The third-order valence-electron chi connectivity index (χ3n) is 2.98. The second-order valence-corrected chi connectivity index (χ2v) is 4.13. The molecule has 0 amide bonds. The number of hydrogen-bond acceptors (Lipinski definition) is 3. The maximum Gasteiger partial charge on any atom is 0.136 e. The van der Waals surface area contributed by atoms with E-state index in [0.717, 1.165) is 31.5 Å². The van der Waals surface area contributed by atoms with E-state index in [2.05, 4.69) is 9.97 Å². The molecular weight excluding hydrogens is 188 g/mol. The van der Waals surface area contributed by atoms with Crippen LogP contribution in [0.2, 0.25) is 0 Å². The molecule has 0 bridgehead atoms. The molecule has 1 fully saturated rings. The number of hydrogen-bond donors (Lipinski definition) is 0. The van der Waals surface area contributed by atoms with Crippen molar-refractivity contribution in [2.75, 3.05) is 0 Å². The molecule has 1 aromatic rings. The third-order valence-corrected chi connectivity index (χ3v) is 2.98. The molecule has 1 unspecified atom stereocenters. The van der Waals surface area contributed by atoms with Gasteiger partial charge in [-0.2, -0.15) is 0 Å². The van der Waals surface area contributed by atoms with Gasteiger partial charge in [0.1, 0.15) is 11.6 Å². The van der Waals surface area contributed by atoms with Crippen LogP contribution in [0.5, 0.6) is 0 Å². The molecular formula is C12H16N2O. The minimum absolute atomic E-state index is 0.162. The summed E-state index contributed by atoms with van der Waals surface area (Å²) in [7, 11) is 0. The van der Waals surface area contributed by atoms with E-state index in [1.165, 1.54) is 12.8 Å². The summed E-state index contributed by atoms with van der Waals surface area (Å²) >= 11 is 0. The molecule has 1 aliphatic rings. The lowest BCUT2D eigenvalue weighted by Gasteiger charge is -2.10. The largest absolute Gasteiger partial charge is 0.299 e. The lowest BCUT2D eigenvalue weighted by atomic mass is 9.95. The number of nitrogens with zero attached hydrogens (tertiary/aromatic N) is 2. The topological polar surface area (TPSA) is 42.9 Å². The van der Waals surface area contributed by atoms with E-state index in [1.807, 2.05) is 0 Å². The third kappa shape index (κ3) is 2.85. The van der Waals surface area contributed by atoms with Gasteiger partial charge in [0.2, 0.25) is 0 Å². The van der Waals surface area contributed by atoms with Crippen LogP contribution in [-0.4, -0.2) is 15.8 Å². The van der Waals surface area contributed by atoms with Crippen LogP contribution in [0.15, 0.2) is 18.5 Å². The van der Waals surface area contributed by atoms with Crippen molar-refractivity contribution in [3.05, 3.63) is 24.3 Å². The fourth-order valence-electron chi connectivity index (χ4n) is 2.10. The summed E-state index contributed by atoms with van der Waals surface area (Å²) in [5.41, 5.74) is 0. The van der Waals surface area contributed by atoms with Crippen molar-refractivity contribution in [3.8, 4) is 0 Å². The minimum atomic E-state index is 0.162. The van der Waals surface area contributed by atoms with E-state index in [0.29, 0.717) is 5.78 Å². The first-order valence-electron chi connectivity index (χ1n) is 5.65. The standard InChI is InChI=1S/C12H16N2O/c15-11-6-3-1-2-5-10(11)9-12-13-7-4-8-14-12/h4,7-8,10H,1-3,5-6,9H2. The predicted octanol–water partition coefficient (Wildman–Crippen LogP) is 2.17. The molecule has 15 heavy (non-hydrogen) atoms. The van der Waals surface area contributed by atoms with Gasteiger partial charge in [0.05, 0.1) is 0 Å². The van der Waals surface area contributed by atoms with Gasteiger partial charge in [-0.1, -0.05) is 12.8 Å². The van der Waals surface area contributed by atoms with Crippen LogP contribution in [0.4, 0.5) is 0 Å². The van der Waals surface area contributed by atoms with Crippen LogP contribution in [0.25, 0.3) is 0 Å². The van der Waals surface area contributed by atoms with Crippen molar-refractivity contribution in [1.29, 1.82) is 0 Å². The Hall–Kier alpha value is -1.25. The Bertz CT molecular complexity index is 324. The number of carbonyl (C=O) groups is 1. The molecule has 0 spiro atoms. The van der Waals surface area contributed by atoms with Crippen LogP contribution in [0.1, 0.15) is 37.9 Å². The molecule has 0 radical (unpaired) electrons. The Morgan fingerprint density at radius 3 is 2.80 bits per heavy atom. The molecule has 1 saturated carbocycles. The second kappa shape index (κ2) is 5.01. The van der Waals surface area contributed by atoms with Crippen LogP contribution >= 0.6 is 0 Å². The first-order chi connectivity index (χ1) is 7.36. The summed E-state index contributed by atoms with van der Waals surface area (Å²) in [6.45, 7) is 0. The first-order valence-corrected chi connectivity index (χ1v) is 5.65. The van der Waals surface area contributed by atoms with E-state index in [-0.39, 0.29) is 5.92 Å². The zero-order valence-electron chi connectivity index (χ0n) is 8.85. The van der Waals surface area contributed by atoms with Gasteiger partial charge in [0, 0.05) is 31.2 Å². The number of carbonyl (C=O) groups excluding carboxylic acids is 1. The minimum Gasteiger partial charge on any atom is -0.299 e. The molecule has 0 aromatic carbocycles. The average Bonchev–Trinajstić information content (AvgIpc) is 2.46. The quantitative estimate of drug-likeness (QED) is 0.693. The second-order valence-electron chi connectivity index (χ2n) is 4.13. The highest BCUT2D eigenvalue weighted by Gasteiger charge is 2.21. The maximum atomic E-state index is 11.8. The average molecular weight is 204 g/mol. The predicted molar refractivity (Wildman–Crippen MR) is 57.3 cm³/mol. The molecule has 0 N–H and O–H groups in total. The van der Waals surface area contributed by atoms with Crippen molar-refractivity contribution in [1.82, 2.24) is 9.97 Å². The zero-order valence-corrected chi connectivity index (χ0v) is 8.85. The Balaban J connectivity index is 2.01. The molecule has 3 heteroatoms. The summed E-state index contributed by atoms with van der Waals surface area (Å²) in [4.78, 5) is 20.1. The fourth-order valence-corrected chi connectivity index (χ4v) is 2.10. The monoisotopic (exact) mass is 204 g/mol. The van der Waals surface area contributed by atoms with Crippen LogP contribution < -0.4 is 0 Å². The summed E-state index contributed by atoms with van der Waals surface area (Å²) in [6, 6.07) is 1.80. The summed E-state index contributed by atoms with van der Waals surface area (Å²) in [5.74, 6) is 1.37. The number of Topliss-reactive ketones (excluding diaryl/α,β-unsaturated/α-hetero) is 1. The molecule has 0 aliphatic heterocycles.